The van der Waals surface area contributed by atoms with Gasteiger partial charge in [-0.25, -0.2) is 15.0 Å². The molecule has 1 amide bonds. The lowest BCUT2D eigenvalue weighted by molar-refractivity contribution is 0.100. The number of rotatable bonds is 7. The zero-order valence-electron chi connectivity index (χ0n) is 15.2. The molecule has 9 heteroatoms. The molecule has 29 heavy (non-hydrogen) atoms. The summed E-state index contributed by atoms with van der Waals surface area (Å²) in [6.07, 6.45) is 3.17. The number of aromatic nitrogens is 4. The molecule has 4 N–H and O–H groups in total. The predicted octanol–water partition coefficient (Wildman–Crippen LogP) is 3.45. The average molecular weight is 403 g/mol. The van der Waals surface area contributed by atoms with E-state index >= 15 is 0 Å². The Balaban J connectivity index is 1.55. The summed E-state index contributed by atoms with van der Waals surface area (Å²) < 4.78 is 0. The number of nitrogens with zero attached hydrogens (tertiary/aromatic N) is 4. The van der Waals surface area contributed by atoms with E-state index in [1.807, 2.05) is 23.6 Å². The van der Waals surface area contributed by atoms with Crippen LogP contribution in [0.15, 0.2) is 66.4 Å². The molecule has 4 rings (SSSR count). The maximum atomic E-state index is 11.2. The van der Waals surface area contributed by atoms with Gasteiger partial charge in [-0.05, 0) is 47.8 Å². The van der Waals surface area contributed by atoms with Crippen molar-refractivity contribution in [1.82, 2.24) is 19.9 Å². The summed E-state index contributed by atoms with van der Waals surface area (Å²) in [6, 6.07) is 14.6. The van der Waals surface area contributed by atoms with E-state index in [2.05, 4.69) is 36.6 Å². The number of primary amides is 1. The number of amides is 1. The van der Waals surface area contributed by atoms with Crippen molar-refractivity contribution < 1.29 is 4.79 Å². The van der Waals surface area contributed by atoms with Crippen molar-refractivity contribution in [2.24, 2.45) is 5.73 Å². The molecule has 1 aromatic carbocycles. The fraction of sp³-hybridized carbons (Fsp3) is 0.0500. The number of carbonyl (C=O) groups is 1. The third-order valence-corrected chi connectivity index (χ3v) is 4.93. The van der Waals surface area contributed by atoms with Gasteiger partial charge in [-0.1, -0.05) is 6.07 Å². The van der Waals surface area contributed by atoms with Crippen molar-refractivity contribution in [3.63, 3.8) is 0 Å². The molecular formula is C20H17N7OS. The van der Waals surface area contributed by atoms with E-state index in [-0.39, 0.29) is 0 Å². The molecular weight excluding hydrogens is 386 g/mol. The number of hydrogen-bond donors (Lipinski definition) is 3. The molecule has 144 valence electrons. The lowest BCUT2D eigenvalue weighted by Gasteiger charge is -2.10. The summed E-state index contributed by atoms with van der Waals surface area (Å²) in [5.74, 6) is 1.11. The molecule has 0 spiro atoms. The van der Waals surface area contributed by atoms with Crippen molar-refractivity contribution in [3.8, 4) is 11.4 Å². The number of carbonyl (C=O) groups excluding carboxylic acids is 1. The maximum absolute atomic E-state index is 11.2. The highest BCUT2D eigenvalue weighted by atomic mass is 32.1. The molecule has 0 saturated heterocycles. The Hall–Kier alpha value is -3.85. The number of nitrogens with one attached hydrogen (secondary N) is 2. The molecule has 3 aromatic heterocycles. The van der Waals surface area contributed by atoms with Crippen LogP contribution < -0.4 is 16.4 Å². The Morgan fingerprint density at radius 2 is 1.90 bits per heavy atom. The Kier molecular flexibility index (Phi) is 5.39. The third kappa shape index (κ3) is 4.53. The van der Waals surface area contributed by atoms with Crippen LogP contribution in [0.4, 0.5) is 17.5 Å². The molecule has 0 aliphatic carbocycles. The summed E-state index contributed by atoms with van der Waals surface area (Å²) in [4.78, 5) is 29.8. The highest BCUT2D eigenvalue weighted by Crippen LogP contribution is 2.24. The first-order valence-corrected chi connectivity index (χ1v) is 9.64. The molecule has 0 aliphatic heterocycles. The number of thiophene rings is 1. The number of anilines is 3. The highest BCUT2D eigenvalue weighted by Gasteiger charge is 2.11. The monoisotopic (exact) mass is 403 g/mol. The van der Waals surface area contributed by atoms with Gasteiger partial charge in [0, 0.05) is 22.3 Å². The molecule has 0 radical (unpaired) electrons. The number of benzene rings is 1. The van der Waals surface area contributed by atoms with Gasteiger partial charge in [-0.3, -0.25) is 4.79 Å². The molecule has 4 aromatic rings. The van der Waals surface area contributed by atoms with Gasteiger partial charge in [0.15, 0.2) is 5.82 Å². The fourth-order valence-electron chi connectivity index (χ4n) is 2.64. The van der Waals surface area contributed by atoms with Gasteiger partial charge in [0.2, 0.25) is 11.9 Å². The van der Waals surface area contributed by atoms with Crippen LogP contribution in [0.3, 0.4) is 0 Å². The van der Waals surface area contributed by atoms with Crippen molar-refractivity contribution in [2.45, 2.75) is 6.54 Å². The topological polar surface area (TPSA) is 119 Å². The SMILES string of the molecule is NC(=O)c1ccc(Nc2ncnc(-c3cccnc3NCc3cccs3)n2)cc1. The molecule has 0 aliphatic rings. The van der Waals surface area contributed by atoms with Gasteiger partial charge < -0.3 is 16.4 Å². The molecule has 0 fully saturated rings. The largest absolute Gasteiger partial charge is 0.366 e. The second-order valence-electron chi connectivity index (χ2n) is 6.03. The molecule has 0 unspecified atom stereocenters. The van der Waals surface area contributed by atoms with Crippen molar-refractivity contribution in [1.29, 1.82) is 0 Å². The molecule has 0 bridgehead atoms. The summed E-state index contributed by atoms with van der Waals surface area (Å²) in [5.41, 5.74) is 7.21. The summed E-state index contributed by atoms with van der Waals surface area (Å²) in [7, 11) is 0. The number of hydrogen-bond acceptors (Lipinski definition) is 8. The fourth-order valence-corrected chi connectivity index (χ4v) is 3.29. The quantitative estimate of drug-likeness (QED) is 0.432. The summed E-state index contributed by atoms with van der Waals surface area (Å²) in [5, 5.41) is 8.47. The highest BCUT2D eigenvalue weighted by molar-refractivity contribution is 7.09. The Bertz CT molecular complexity index is 1110. The van der Waals surface area contributed by atoms with Crippen molar-refractivity contribution >= 4 is 34.7 Å². The van der Waals surface area contributed by atoms with E-state index < -0.39 is 5.91 Å². The van der Waals surface area contributed by atoms with Crippen molar-refractivity contribution in [3.05, 3.63) is 76.9 Å². The normalized spacial score (nSPS) is 10.5. The van der Waals surface area contributed by atoms with E-state index in [1.54, 1.807) is 41.8 Å². The minimum atomic E-state index is -0.474. The second-order valence-corrected chi connectivity index (χ2v) is 7.06. The Morgan fingerprint density at radius 3 is 2.66 bits per heavy atom. The third-order valence-electron chi connectivity index (χ3n) is 4.06. The first kappa shape index (κ1) is 18.5. The van der Waals surface area contributed by atoms with Crippen LogP contribution in [-0.4, -0.2) is 25.8 Å². The van der Waals surface area contributed by atoms with Crippen LogP contribution in [0.5, 0.6) is 0 Å². The van der Waals surface area contributed by atoms with Crippen LogP contribution in [0, 0.1) is 0 Å². The maximum Gasteiger partial charge on any atom is 0.248 e. The van der Waals surface area contributed by atoms with Crippen LogP contribution in [-0.2, 0) is 6.54 Å². The first-order valence-electron chi connectivity index (χ1n) is 8.76. The Morgan fingerprint density at radius 1 is 1.03 bits per heavy atom. The van der Waals surface area contributed by atoms with Crippen LogP contribution in [0.1, 0.15) is 15.2 Å². The van der Waals surface area contributed by atoms with Crippen LogP contribution >= 0.6 is 11.3 Å². The van der Waals surface area contributed by atoms with Gasteiger partial charge in [0.25, 0.3) is 0 Å². The molecule has 8 nitrogen and oxygen atoms in total. The Labute approximate surface area is 170 Å². The van der Waals surface area contributed by atoms with Crippen molar-refractivity contribution in [2.75, 3.05) is 10.6 Å². The van der Waals surface area contributed by atoms with Gasteiger partial charge in [-0.15, -0.1) is 11.3 Å². The average Bonchev–Trinajstić information content (AvgIpc) is 3.27. The standard InChI is InChI=1S/C20H17N7OS/c21-17(28)13-5-7-14(8-6-13)26-20-25-12-24-19(27-20)16-4-1-9-22-18(16)23-11-15-3-2-10-29-15/h1-10,12H,11H2,(H2,21,28)(H,22,23)(H,24,25,26,27). The predicted molar refractivity (Wildman–Crippen MR) is 113 cm³/mol. The smallest absolute Gasteiger partial charge is 0.248 e. The lowest BCUT2D eigenvalue weighted by Crippen LogP contribution is -2.10. The zero-order valence-corrected chi connectivity index (χ0v) is 16.1. The first-order chi connectivity index (χ1) is 14.2. The van der Waals surface area contributed by atoms with E-state index in [0.29, 0.717) is 29.7 Å². The second kappa shape index (κ2) is 8.44. The van der Waals surface area contributed by atoms with Crippen LogP contribution in [0.25, 0.3) is 11.4 Å². The van der Waals surface area contributed by atoms with E-state index in [9.17, 15) is 4.79 Å². The van der Waals surface area contributed by atoms with Gasteiger partial charge in [0.1, 0.15) is 12.1 Å². The molecule has 0 saturated carbocycles. The van der Waals surface area contributed by atoms with Gasteiger partial charge in [0.05, 0.1) is 12.1 Å². The van der Waals surface area contributed by atoms with E-state index in [4.69, 9.17) is 5.73 Å². The minimum absolute atomic E-state index is 0.384. The van der Waals surface area contributed by atoms with E-state index in [1.165, 1.54) is 11.2 Å². The van der Waals surface area contributed by atoms with Gasteiger partial charge in [-0.2, -0.15) is 4.98 Å². The van der Waals surface area contributed by atoms with Crippen LogP contribution in [0.2, 0.25) is 0 Å². The van der Waals surface area contributed by atoms with Gasteiger partial charge >= 0.3 is 0 Å². The minimum Gasteiger partial charge on any atom is -0.366 e. The zero-order chi connectivity index (χ0) is 20.1. The molecule has 0 atom stereocenters. The molecule has 3 heterocycles. The lowest BCUT2D eigenvalue weighted by atomic mass is 10.2. The summed E-state index contributed by atoms with van der Waals surface area (Å²) >= 11 is 1.68. The van der Waals surface area contributed by atoms with E-state index in [0.717, 1.165) is 11.3 Å². The number of nitrogens with two attached hydrogens (primary N) is 1. The summed E-state index contributed by atoms with van der Waals surface area (Å²) in [6.45, 7) is 0.671. The number of pyridine rings is 1.